The molecule has 0 amide bonds. The number of carboxylic acids is 1. The number of aliphatic carboxylic acids is 1. The molecule has 1 aromatic heterocycles. The first-order valence-corrected chi connectivity index (χ1v) is 10.6. The normalized spacial score (nSPS) is 19.0. The van der Waals surface area contributed by atoms with Crippen LogP contribution in [0.1, 0.15) is 35.7 Å². The minimum atomic E-state index is -0.957. The van der Waals surface area contributed by atoms with Crippen LogP contribution >= 0.6 is 0 Å². The summed E-state index contributed by atoms with van der Waals surface area (Å²) in [4.78, 5) is 17.9. The number of nitrogens with zero attached hydrogens (tertiary/aromatic N) is 2. The van der Waals surface area contributed by atoms with Crippen molar-refractivity contribution >= 4 is 11.5 Å². The molecule has 0 saturated heterocycles. The molecule has 0 saturated carbocycles. The van der Waals surface area contributed by atoms with E-state index in [1.54, 1.807) is 0 Å². The number of carbonyl (C=O) groups is 1. The van der Waals surface area contributed by atoms with Gasteiger partial charge in [0, 0.05) is 25.8 Å². The number of benzene rings is 1. The Bertz CT molecular complexity index is 963. The highest BCUT2D eigenvalue weighted by Crippen LogP contribution is 2.24. The molecule has 0 fully saturated rings. The van der Waals surface area contributed by atoms with Gasteiger partial charge in [-0.05, 0) is 65.6 Å². The molecule has 1 aliphatic heterocycles. The Morgan fingerprint density at radius 2 is 2.03 bits per heavy atom. The van der Waals surface area contributed by atoms with Gasteiger partial charge >= 0.3 is 5.97 Å². The van der Waals surface area contributed by atoms with Gasteiger partial charge in [-0.25, -0.2) is 4.79 Å². The summed E-state index contributed by atoms with van der Waals surface area (Å²) in [6, 6.07) is 10.2. The first-order chi connectivity index (χ1) is 14.6. The van der Waals surface area contributed by atoms with Crippen LogP contribution in [0.5, 0.6) is 5.75 Å². The maximum Gasteiger partial charge on any atom is 0.341 e. The standard InChI is InChI=1S/C25H28N2O3/c1-18-2-5-21(6-3-18)24-9-4-19(15-26-24)16-27-12-10-20-7-8-23(30-17-25(28)29)14-22(20)11-13-27/h2,4-9,14-15,18H,3,10-13,16-17H2,1H3,(H,28,29). The van der Waals surface area contributed by atoms with Crippen molar-refractivity contribution in [1.82, 2.24) is 9.88 Å². The Balaban J connectivity index is 1.36. The Morgan fingerprint density at radius 1 is 1.20 bits per heavy atom. The number of carboxylic acid groups (broad SMARTS) is 1. The van der Waals surface area contributed by atoms with Crippen molar-refractivity contribution in [1.29, 1.82) is 0 Å². The number of rotatable bonds is 6. The molecule has 4 rings (SSSR count). The fraction of sp³-hybridized carbons (Fsp3) is 0.360. The Morgan fingerprint density at radius 3 is 2.73 bits per heavy atom. The largest absolute Gasteiger partial charge is 0.482 e. The monoisotopic (exact) mass is 404 g/mol. The molecule has 0 spiro atoms. The topological polar surface area (TPSA) is 62.7 Å². The number of hydrogen-bond acceptors (Lipinski definition) is 4. The summed E-state index contributed by atoms with van der Waals surface area (Å²) < 4.78 is 5.33. The third kappa shape index (κ3) is 5.16. The van der Waals surface area contributed by atoms with Crippen molar-refractivity contribution < 1.29 is 14.6 Å². The summed E-state index contributed by atoms with van der Waals surface area (Å²) in [5.41, 5.74) is 6.05. The molecule has 1 N–H and O–H groups in total. The van der Waals surface area contributed by atoms with Crippen LogP contribution in [0.15, 0.2) is 54.8 Å². The van der Waals surface area contributed by atoms with Crippen molar-refractivity contribution in [2.75, 3.05) is 19.7 Å². The van der Waals surface area contributed by atoms with Crippen LogP contribution in [-0.2, 0) is 24.2 Å². The quantitative estimate of drug-likeness (QED) is 0.785. The summed E-state index contributed by atoms with van der Waals surface area (Å²) in [6.07, 6.45) is 11.7. The fourth-order valence-corrected chi connectivity index (χ4v) is 4.01. The molecule has 1 aromatic carbocycles. The summed E-state index contributed by atoms with van der Waals surface area (Å²) in [5.74, 6) is 0.283. The average molecular weight is 405 g/mol. The number of pyridine rings is 1. The van der Waals surface area contributed by atoms with Gasteiger partial charge in [0.05, 0.1) is 5.69 Å². The van der Waals surface area contributed by atoms with Crippen LogP contribution in [0.2, 0.25) is 0 Å². The summed E-state index contributed by atoms with van der Waals surface area (Å²) in [7, 11) is 0. The lowest BCUT2D eigenvalue weighted by Crippen LogP contribution is -2.26. The van der Waals surface area contributed by atoms with Gasteiger partial charge in [0.1, 0.15) is 5.75 Å². The Kier molecular flexibility index (Phi) is 6.29. The molecule has 30 heavy (non-hydrogen) atoms. The summed E-state index contributed by atoms with van der Waals surface area (Å²) >= 11 is 0. The van der Waals surface area contributed by atoms with E-state index in [9.17, 15) is 4.79 Å². The molecule has 1 unspecified atom stereocenters. The summed E-state index contributed by atoms with van der Waals surface area (Å²) in [6.45, 7) is 4.76. The molecular formula is C25H28N2O3. The molecule has 5 heteroatoms. The predicted octanol–water partition coefficient (Wildman–Crippen LogP) is 4.13. The minimum Gasteiger partial charge on any atom is -0.482 e. The zero-order chi connectivity index (χ0) is 20.9. The number of aromatic nitrogens is 1. The van der Waals surface area contributed by atoms with E-state index >= 15 is 0 Å². The van der Waals surface area contributed by atoms with E-state index in [1.807, 2.05) is 18.3 Å². The third-order valence-corrected chi connectivity index (χ3v) is 5.78. The van der Waals surface area contributed by atoms with Crippen LogP contribution in [0.3, 0.4) is 0 Å². The molecule has 0 radical (unpaired) electrons. The predicted molar refractivity (Wildman–Crippen MR) is 117 cm³/mol. The van der Waals surface area contributed by atoms with E-state index in [1.165, 1.54) is 22.3 Å². The molecule has 2 aromatic rings. The SMILES string of the molecule is CC1C=CC(c2ccc(CN3CCc4ccc(OCC(=O)O)cc4CC3)cn2)=CC1. The molecule has 1 atom stereocenters. The fourth-order valence-electron chi connectivity index (χ4n) is 4.01. The third-order valence-electron chi connectivity index (χ3n) is 5.78. The van der Waals surface area contributed by atoms with Crippen molar-refractivity contribution in [2.45, 2.75) is 32.7 Å². The maximum atomic E-state index is 10.7. The highest BCUT2D eigenvalue weighted by molar-refractivity contribution is 5.72. The first kappa shape index (κ1) is 20.4. The number of fused-ring (bicyclic) bond motifs is 1. The van der Waals surface area contributed by atoms with Gasteiger partial charge in [-0.1, -0.05) is 37.3 Å². The van der Waals surface area contributed by atoms with Gasteiger partial charge in [0.25, 0.3) is 0 Å². The highest BCUT2D eigenvalue weighted by Gasteiger charge is 2.16. The van der Waals surface area contributed by atoms with E-state index in [0.29, 0.717) is 11.7 Å². The zero-order valence-corrected chi connectivity index (χ0v) is 17.4. The van der Waals surface area contributed by atoms with Gasteiger partial charge in [0.2, 0.25) is 0 Å². The van der Waals surface area contributed by atoms with E-state index in [-0.39, 0.29) is 6.61 Å². The van der Waals surface area contributed by atoms with Crippen LogP contribution < -0.4 is 4.74 Å². The lowest BCUT2D eigenvalue weighted by atomic mass is 9.96. The van der Waals surface area contributed by atoms with Gasteiger partial charge in [-0.15, -0.1) is 0 Å². The second-order valence-electron chi connectivity index (χ2n) is 8.17. The smallest absolute Gasteiger partial charge is 0.341 e. The van der Waals surface area contributed by atoms with Crippen LogP contribution in [0.4, 0.5) is 0 Å². The molecule has 2 heterocycles. The lowest BCUT2D eigenvalue weighted by molar-refractivity contribution is -0.139. The van der Waals surface area contributed by atoms with Gasteiger partial charge in [0.15, 0.2) is 6.61 Å². The molecule has 5 nitrogen and oxygen atoms in total. The minimum absolute atomic E-state index is 0.306. The van der Waals surface area contributed by atoms with Gasteiger partial charge in [-0.2, -0.15) is 0 Å². The second-order valence-corrected chi connectivity index (χ2v) is 8.17. The lowest BCUT2D eigenvalue weighted by Gasteiger charge is -2.20. The van der Waals surface area contributed by atoms with Crippen molar-refractivity contribution in [3.63, 3.8) is 0 Å². The van der Waals surface area contributed by atoms with Crippen molar-refractivity contribution in [2.24, 2.45) is 5.92 Å². The Hall–Kier alpha value is -2.92. The van der Waals surface area contributed by atoms with E-state index in [2.05, 4.69) is 48.3 Å². The van der Waals surface area contributed by atoms with Crippen molar-refractivity contribution in [3.8, 4) is 5.75 Å². The second kappa shape index (κ2) is 9.26. The van der Waals surface area contributed by atoms with Crippen LogP contribution in [0.25, 0.3) is 5.57 Å². The van der Waals surface area contributed by atoms with E-state index in [4.69, 9.17) is 14.8 Å². The van der Waals surface area contributed by atoms with Gasteiger partial charge in [-0.3, -0.25) is 9.88 Å². The number of hydrogen-bond donors (Lipinski definition) is 1. The first-order valence-electron chi connectivity index (χ1n) is 10.6. The highest BCUT2D eigenvalue weighted by atomic mass is 16.5. The summed E-state index contributed by atoms with van der Waals surface area (Å²) in [5, 5.41) is 8.79. The molecule has 1 aliphatic carbocycles. The van der Waals surface area contributed by atoms with Crippen LogP contribution in [-0.4, -0.2) is 40.7 Å². The molecule has 0 bridgehead atoms. The maximum absolute atomic E-state index is 10.7. The van der Waals surface area contributed by atoms with Crippen LogP contribution in [0, 0.1) is 5.92 Å². The number of ether oxygens (including phenoxy) is 1. The van der Waals surface area contributed by atoms with E-state index < -0.39 is 5.97 Å². The molecule has 2 aliphatic rings. The molecular weight excluding hydrogens is 376 g/mol. The number of allylic oxidation sites excluding steroid dienone is 4. The van der Waals surface area contributed by atoms with E-state index in [0.717, 1.165) is 44.6 Å². The van der Waals surface area contributed by atoms with Crippen molar-refractivity contribution in [3.05, 3.63) is 77.1 Å². The van der Waals surface area contributed by atoms with Gasteiger partial charge < -0.3 is 9.84 Å². The Labute approximate surface area is 177 Å². The molecule has 156 valence electrons. The average Bonchev–Trinajstić information content (AvgIpc) is 2.95. The zero-order valence-electron chi connectivity index (χ0n) is 17.4.